The number of halogens is 2. The number of rotatable bonds is 3. The average Bonchev–Trinajstić information content (AvgIpc) is 3.07. The second-order valence-corrected chi connectivity index (χ2v) is 9.30. The molecular weight excluding hydrogens is 443 g/mol. The number of thiophene rings is 1. The van der Waals surface area contributed by atoms with Crippen LogP contribution in [0.5, 0.6) is 5.88 Å². The van der Waals surface area contributed by atoms with Crippen LogP contribution in [0.1, 0.15) is 64.5 Å². The molecule has 0 unspecified atom stereocenters. The van der Waals surface area contributed by atoms with Gasteiger partial charge in [-0.25, -0.2) is 0 Å². The summed E-state index contributed by atoms with van der Waals surface area (Å²) in [6.07, 6.45) is 4.35. The molecule has 1 N–H and O–H groups in total. The summed E-state index contributed by atoms with van der Waals surface area (Å²) in [6, 6.07) is 6.95. The van der Waals surface area contributed by atoms with Gasteiger partial charge in [0, 0.05) is 16.1 Å². The first-order valence-corrected chi connectivity index (χ1v) is 11.2. The molecule has 2 aromatic heterocycles. The highest BCUT2D eigenvalue weighted by molar-refractivity contribution is 7.22. The molecule has 1 aromatic carbocycles. The first-order valence-electron chi connectivity index (χ1n) is 9.66. The lowest BCUT2D eigenvalue weighted by atomic mass is 9.93. The quantitative estimate of drug-likeness (QED) is 0.486. The normalized spacial score (nSPS) is 14.7. The number of nitrogens with zero attached hydrogens (tertiary/aromatic N) is 2. The van der Waals surface area contributed by atoms with E-state index in [4.69, 9.17) is 23.2 Å². The number of carbonyl (C=O) groups is 1. The molecule has 4 rings (SSSR count). The monoisotopic (exact) mass is 460 g/mol. The number of aromatic hydroxyl groups is 1. The van der Waals surface area contributed by atoms with E-state index in [9.17, 15) is 20.0 Å². The van der Waals surface area contributed by atoms with Crippen molar-refractivity contribution in [2.45, 2.75) is 45.1 Å². The van der Waals surface area contributed by atoms with Crippen molar-refractivity contribution >= 4 is 50.4 Å². The zero-order valence-electron chi connectivity index (χ0n) is 16.2. The maximum atomic E-state index is 13.5. The molecule has 0 atom stereocenters. The standard InChI is InChI=1S/C22H18Cl2N2O3S/c1-11-13(10-25)21(28)26(12-6-3-2-4-7-12)22(29)16(11)19(27)20-18(24)17-14(23)8-5-9-15(17)30-20/h5,8-9,12,29H,2-4,6-7H2,1H3. The summed E-state index contributed by atoms with van der Waals surface area (Å²) in [6.45, 7) is 1.51. The van der Waals surface area contributed by atoms with Crippen LogP contribution < -0.4 is 5.56 Å². The van der Waals surface area contributed by atoms with Gasteiger partial charge in [0.25, 0.3) is 5.56 Å². The Morgan fingerprint density at radius 1 is 1.27 bits per heavy atom. The molecule has 0 saturated heterocycles. The van der Waals surface area contributed by atoms with Crippen molar-refractivity contribution in [2.24, 2.45) is 0 Å². The van der Waals surface area contributed by atoms with Gasteiger partial charge in [-0.1, -0.05) is 48.5 Å². The van der Waals surface area contributed by atoms with Crippen molar-refractivity contribution in [1.29, 1.82) is 5.26 Å². The van der Waals surface area contributed by atoms with Crippen LogP contribution in [0.2, 0.25) is 10.0 Å². The zero-order valence-corrected chi connectivity index (χ0v) is 18.5. The molecule has 1 aliphatic carbocycles. The SMILES string of the molecule is Cc1c(C(=O)c2sc3cccc(Cl)c3c2Cl)c(O)n(C2CCCCC2)c(=O)c1C#N. The van der Waals surface area contributed by atoms with E-state index in [2.05, 4.69) is 0 Å². The maximum Gasteiger partial charge on any atom is 0.271 e. The minimum Gasteiger partial charge on any atom is -0.494 e. The number of carbonyl (C=O) groups excluding carboxylic acids is 1. The Hall–Kier alpha value is -2.33. The summed E-state index contributed by atoms with van der Waals surface area (Å²) in [4.78, 5) is 26.7. The molecule has 1 aliphatic rings. The maximum absolute atomic E-state index is 13.5. The molecule has 0 spiro atoms. The molecule has 3 aromatic rings. The molecule has 8 heteroatoms. The molecular formula is C22H18Cl2N2O3S. The van der Waals surface area contributed by atoms with E-state index in [0.717, 1.165) is 24.0 Å². The van der Waals surface area contributed by atoms with Gasteiger partial charge >= 0.3 is 0 Å². The van der Waals surface area contributed by atoms with Gasteiger partial charge in [-0.2, -0.15) is 5.26 Å². The van der Waals surface area contributed by atoms with Crippen LogP contribution in [0, 0.1) is 18.3 Å². The van der Waals surface area contributed by atoms with Crippen molar-refractivity contribution in [3.8, 4) is 11.9 Å². The Bertz CT molecular complexity index is 1280. The van der Waals surface area contributed by atoms with Crippen LogP contribution >= 0.6 is 34.5 Å². The number of fused-ring (bicyclic) bond motifs is 1. The molecule has 30 heavy (non-hydrogen) atoms. The van der Waals surface area contributed by atoms with Crippen LogP contribution in [0.15, 0.2) is 23.0 Å². The van der Waals surface area contributed by atoms with Gasteiger partial charge in [-0.3, -0.25) is 14.2 Å². The smallest absolute Gasteiger partial charge is 0.271 e. The molecule has 1 saturated carbocycles. The summed E-state index contributed by atoms with van der Waals surface area (Å²) in [5.41, 5.74) is -0.573. The molecule has 0 radical (unpaired) electrons. The Balaban J connectivity index is 1.96. The minimum atomic E-state index is -0.554. The number of pyridine rings is 1. The van der Waals surface area contributed by atoms with Gasteiger partial charge in [0.2, 0.25) is 11.7 Å². The third-order valence-electron chi connectivity index (χ3n) is 5.73. The highest BCUT2D eigenvalue weighted by Crippen LogP contribution is 2.42. The fourth-order valence-corrected chi connectivity index (χ4v) is 6.10. The number of hydrogen-bond donors (Lipinski definition) is 1. The van der Waals surface area contributed by atoms with E-state index in [1.807, 2.05) is 12.1 Å². The topological polar surface area (TPSA) is 83.1 Å². The molecule has 154 valence electrons. The Labute approximate surface area is 187 Å². The summed E-state index contributed by atoms with van der Waals surface area (Å²) in [5, 5.41) is 21.9. The number of nitriles is 1. The first-order chi connectivity index (χ1) is 14.4. The third kappa shape index (κ3) is 3.22. The van der Waals surface area contributed by atoms with Crippen molar-refractivity contribution in [3.05, 3.63) is 60.2 Å². The van der Waals surface area contributed by atoms with Crippen LogP contribution in [0.4, 0.5) is 0 Å². The highest BCUT2D eigenvalue weighted by atomic mass is 35.5. The lowest BCUT2D eigenvalue weighted by molar-refractivity contribution is 0.103. The molecule has 1 fully saturated rings. The van der Waals surface area contributed by atoms with Gasteiger partial charge in [0.1, 0.15) is 11.6 Å². The van der Waals surface area contributed by atoms with Crippen molar-refractivity contribution in [1.82, 2.24) is 4.57 Å². The number of aromatic nitrogens is 1. The van der Waals surface area contributed by atoms with Crippen molar-refractivity contribution in [3.63, 3.8) is 0 Å². The average molecular weight is 461 g/mol. The Morgan fingerprint density at radius 2 is 1.97 bits per heavy atom. The van der Waals surface area contributed by atoms with Gasteiger partial charge in [0.15, 0.2) is 0 Å². The van der Waals surface area contributed by atoms with Crippen LogP contribution in [0.3, 0.4) is 0 Å². The van der Waals surface area contributed by atoms with E-state index in [1.54, 1.807) is 12.1 Å². The largest absolute Gasteiger partial charge is 0.494 e. The molecule has 0 bridgehead atoms. The molecule has 5 nitrogen and oxygen atoms in total. The number of ketones is 1. The fourth-order valence-electron chi connectivity index (χ4n) is 4.20. The molecule has 2 heterocycles. The summed E-state index contributed by atoms with van der Waals surface area (Å²) >= 11 is 13.9. The van der Waals surface area contributed by atoms with E-state index in [1.165, 1.54) is 22.8 Å². The Kier molecular flexibility index (Phi) is 5.63. The minimum absolute atomic E-state index is 0.0543. The second-order valence-electron chi connectivity index (χ2n) is 7.46. The van der Waals surface area contributed by atoms with Gasteiger partial charge in [-0.05, 0) is 37.5 Å². The van der Waals surface area contributed by atoms with Gasteiger partial charge < -0.3 is 5.11 Å². The predicted molar refractivity (Wildman–Crippen MR) is 119 cm³/mol. The van der Waals surface area contributed by atoms with E-state index in [-0.39, 0.29) is 32.6 Å². The summed E-state index contributed by atoms with van der Waals surface area (Å²) in [7, 11) is 0. The van der Waals surface area contributed by atoms with Crippen LogP contribution in [-0.2, 0) is 0 Å². The number of hydrogen-bond acceptors (Lipinski definition) is 5. The second kappa shape index (κ2) is 8.07. The van der Waals surface area contributed by atoms with Gasteiger partial charge in [-0.15, -0.1) is 11.3 Å². The van der Waals surface area contributed by atoms with E-state index < -0.39 is 17.2 Å². The van der Waals surface area contributed by atoms with E-state index >= 15 is 0 Å². The molecule has 0 amide bonds. The summed E-state index contributed by atoms with van der Waals surface area (Å²) < 4.78 is 1.97. The van der Waals surface area contributed by atoms with Crippen molar-refractivity contribution in [2.75, 3.05) is 0 Å². The third-order valence-corrected chi connectivity index (χ3v) is 7.68. The Morgan fingerprint density at radius 3 is 2.60 bits per heavy atom. The van der Waals surface area contributed by atoms with E-state index in [0.29, 0.717) is 23.3 Å². The van der Waals surface area contributed by atoms with Crippen LogP contribution in [0.25, 0.3) is 10.1 Å². The lowest BCUT2D eigenvalue weighted by Crippen LogP contribution is -2.31. The first kappa shape index (κ1) is 20.9. The summed E-state index contributed by atoms with van der Waals surface area (Å²) in [5.74, 6) is -0.915. The highest BCUT2D eigenvalue weighted by Gasteiger charge is 2.31. The van der Waals surface area contributed by atoms with Crippen LogP contribution in [-0.4, -0.2) is 15.5 Å². The molecule has 0 aliphatic heterocycles. The number of benzene rings is 1. The van der Waals surface area contributed by atoms with Crippen molar-refractivity contribution < 1.29 is 9.90 Å². The van der Waals surface area contributed by atoms with Gasteiger partial charge in [0.05, 0.1) is 20.5 Å². The lowest BCUT2D eigenvalue weighted by Gasteiger charge is -2.26. The fraction of sp³-hybridized carbons (Fsp3) is 0.318. The predicted octanol–water partition coefficient (Wildman–Crippen LogP) is 5.99. The zero-order chi connectivity index (χ0) is 21.6.